The fourth-order valence-corrected chi connectivity index (χ4v) is 3.06. The summed E-state index contributed by atoms with van der Waals surface area (Å²) in [5.74, 6) is 1.11. The SMILES string of the molecule is COc1ccc(-c2cc(C(=O)Nc3ncccc3C)c3ccccc3n2)cc1. The number of methoxy groups -OCH3 is 1. The van der Waals surface area contributed by atoms with Crippen LogP contribution in [0.3, 0.4) is 0 Å². The number of aryl methyl sites for hydroxylation is 1. The number of nitrogens with one attached hydrogen (secondary N) is 1. The van der Waals surface area contributed by atoms with E-state index in [1.54, 1.807) is 13.3 Å². The molecule has 0 atom stereocenters. The highest BCUT2D eigenvalue weighted by atomic mass is 16.5. The summed E-state index contributed by atoms with van der Waals surface area (Å²) < 4.78 is 5.22. The van der Waals surface area contributed by atoms with Crippen molar-refractivity contribution in [2.75, 3.05) is 12.4 Å². The summed E-state index contributed by atoms with van der Waals surface area (Å²) >= 11 is 0. The number of fused-ring (bicyclic) bond motifs is 1. The van der Waals surface area contributed by atoms with Gasteiger partial charge in [0.05, 0.1) is 23.9 Å². The molecule has 2 aromatic heterocycles. The molecule has 1 amide bonds. The normalized spacial score (nSPS) is 10.6. The maximum atomic E-state index is 13.1. The molecule has 28 heavy (non-hydrogen) atoms. The van der Waals surface area contributed by atoms with Gasteiger partial charge < -0.3 is 10.1 Å². The number of nitrogens with zero attached hydrogens (tertiary/aromatic N) is 2. The van der Waals surface area contributed by atoms with Crippen LogP contribution in [0, 0.1) is 6.92 Å². The van der Waals surface area contributed by atoms with E-state index in [2.05, 4.69) is 10.3 Å². The van der Waals surface area contributed by atoms with Crippen molar-refractivity contribution in [3.63, 3.8) is 0 Å². The Morgan fingerprint density at radius 3 is 2.54 bits per heavy atom. The molecule has 0 radical (unpaired) electrons. The minimum atomic E-state index is -0.213. The van der Waals surface area contributed by atoms with Gasteiger partial charge in [0.1, 0.15) is 11.6 Å². The third-order valence-corrected chi connectivity index (χ3v) is 4.59. The molecular weight excluding hydrogens is 350 g/mol. The Bertz CT molecular complexity index is 1150. The summed E-state index contributed by atoms with van der Waals surface area (Å²) in [5.41, 5.74) is 3.86. The second kappa shape index (κ2) is 7.48. The van der Waals surface area contributed by atoms with Gasteiger partial charge in [0.15, 0.2) is 0 Å². The molecule has 138 valence electrons. The number of rotatable bonds is 4. The van der Waals surface area contributed by atoms with Crippen LogP contribution in [0.5, 0.6) is 5.75 Å². The highest BCUT2D eigenvalue weighted by molar-refractivity contribution is 6.13. The van der Waals surface area contributed by atoms with E-state index < -0.39 is 0 Å². The third-order valence-electron chi connectivity index (χ3n) is 4.59. The second-order valence-electron chi connectivity index (χ2n) is 6.42. The molecule has 0 aliphatic heterocycles. The van der Waals surface area contributed by atoms with Crippen LogP contribution in [0.1, 0.15) is 15.9 Å². The van der Waals surface area contributed by atoms with Gasteiger partial charge in [-0.1, -0.05) is 24.3 Å². The van der Waals surface area contributed by atoms with E-state index in [0.717, 1.165) is 33.5 Å². The van der Waals surface area contributed by atoms with Crippen molar-refractivity contribution in [1.82, 2.24) is 9.97 Å². The first kappa shape index (κ1) is 17.7. The van der Waals surface area contributed by atoms with E-state index in [1.165, 1.54) is 0 Å². The number of benzene rings is 2. The molecule has 4 rings (SSSR count). The molecule has 5 nitrogen and oxygen atoms in total. The molecule has 0 spiro atoms. The topological polar surface area (TPSA) is 64.1 Å². The van der Waals surface area contributed by atoms with Crippen LogP contribution in [0.25, 0.3) is 22.2 Å². The van der Waals surface area contributed by atoms with Crippen molar-refractivity contribution < 1.29 is 9.53 Å². The van der Waals surface area contributed by atoms with E-state index in [-0.39, 0.29) is 5.91 Å². The average molecular weight is 369 g/mol. The molecule has 2 aromatic carbocycles. The first-order valence-corrected chi connectivity index (χ1v) is 8.93. The Balaban J connectivity index is 1.80. The van der Waals surface area contributed by atoms with Crippen LogP contribution in [-0.2, 0) is 0 Å². The Kier molecular flexibility index (Phi) is 4.72. The number of para-hydroxylation sites is 1. The molecule has 0 unspecified atom stereocenters. The van der Waals surface area contributed by atoms with Crippen LogP contribution in [-0.4, -0.2) is 23.0 Å². The standard InChI is InChI=1S/C23H19N3O2/c1-15-6-5-13-24-22(15)26-23(27)19-14-21(16-9-11-17(28-2)12-10-16)25-20-8-4-3-7-18(19)20/h3-14H,1-2H3,(H,24,26,27). The van der Waals surface area contributed by atoms with E-state index in [4.69, 9.17) is 9.72 Å². The summed E-state index contributed by atoms with van der Waals surface area (Å²) in [5, 5.41) is 3.71. The molecule has 0 aliphatic carbocycles. The maximum absolute atomic E-state index is 13.1. The lowest BCUT2D eigenvalue weighted by Gasteiger charge is -2.11. The lowest BCUT2D eigenvalue weighted by atomic mass is 10.0. The minimum Gasteiger partial charge on any atom is -0.497 e. The second-order valence-corrected chi connectivity index (χ2v) is 6.42. The lowest BCUT2D eigenvalue weighted by molar-refractivity contribution is 0.102. The Morgan fingerprint density at radius 1 is 1.00 bits per heavy atom. The average Bonchev–Trinajstić information content (AvgIpc) is 2.74. The molecule has 2 heterocycles. The number of carbonyl (C=O) groups excluding carboxylic acids is 1. The summed E-state index contributed by atoms with van der Waals surface area (Å²) in [6.45, 7) is 1.91. The molecule has 0 saturated carbocycles. The molecule has 0 fully saturated rings. The highest BCUT2D eigenvalue weighted by Crippen LogP contribution is 2.27. The van der Waals surface area contributed by atoms with Crippen LogP contribution in [0.2, 0.25) is 0 Å². The number of carbonyl (C=O) groups is 1. The fraction of sp³-hybridized carbons (Fsp3) is 0.0870. The predicted molar refractivity (Wildman–Crippen MR) is 111 cm³/mol. The number of aromatic nitrogens is 2. The van der Waals surface area contributed by atoms with Gasteiger partial charge in [-0.2, -0.15) is 0 Å². The van der Waals surface area contributed by atoms with Crippen molar-refractivity contribution >= 4 is 22.6 Å². The monoisotopic (exact) mass is 369 g/mol. The summed E-state index contributed by atoms with van der Waals surface area (Å²) in [7, 11) is 1.63. The van der Waals surface area contributed by atoms with Crippen molar-refractivity contribution in [3.8, 4) is 17.0 Å². The number of anilines is 1. The van der Waals surface area contributed by atoms with Gasteiger partial charge >= 0.3 is 0 Å². The Labute approximate surface area is 163 Å². The number of amides is 1. The summed E-state index contributed by atoms with van der Waals surface area (Å²) in [4.78, 5) is 22.1. The molecule has 0 bridgehead atoms. The fourth-order valence-electron chi connectivity index (χ4n) is 3.06. The van der Waals surface area contributed by atoms with E-state index >= 15 is 0 Å². The lowest BCUT2D eigenvalue weighted by Crippen LogP contribution is -2.15. The van der Waals surface area contributed by atoms with Gasteiger partial charge in [0, 0.05) is 17.1 Å². The van der Waals surface area contributed by atoms with Crippen LogP contribution in [0.4, 0.5) is 5.82 Å². The summed E-state index contributed by atoms with van der Waals surface area (Å²) in [6.07, 6.45) is 1.66. The maximum Gasteiger partial charge on any atom is 0.257 e. The highest BCUT2D eigenvalue weighted by Gasteiger charge is 2.15. The van der Waals surface area contributed by atoms with Gasteiger partial charge in [0.25, 0.3) is 5.91 Å². The Morgan fingerprint density at radius 2 is 1.79 bits per heavy atom. The van der Waals surface area contributed by atoms with Crippen LogP contribution in [0.15, 0.2) is 72.9 Å². The number of hydrogen-bond donors (Lipinski definition) is 1. The van der Waals surface area contributed by atoms with Crippen molar-refractivity contribution in [1.29, 1.82) is 0 Å². The van der Waals surface area contributed by atoms with Crippen molar-refractivity contribution in [2.45, 2.75) is 6.92 Å². The first-order valence-electron chi connectivity index (χ1n) is 8.93. The number of ether oxygens (including phenoxy) is 1. The van der Waals surface area contributed by atoms with Gasteiger partial charge in [-0.05, 0) is 55.0 Å². The van der Waals surface area contributed by atoms with Gasteiger partial charge in [-0.25, -0.2) is 9.97 Å². The van der Waals surface area contributed by atoms with E-state index in [9.17, 15) is 4.79 Å². The molecule has 1 N–H and O–H groups in total. The van der Waals surface area contributed by atoms with Gasteiger partial charge in [-0.3, -0.25) is 4.79 Å². The largest absolute Gasteiger partial charge is 0.497 e. The van der Waals surface area contributed by atoms with Crippen molar-refractivity contribution in [2.24, 2.45) is 0 Å². The Hall–Kier alpha value is -3.73. The predicted octanol–water partition coefficient (Wildman–Crippen LogP) is 4.87. The van der Waals surface area contributed by atoms with Crippen molar-refractivity contribution in [3.05, 3.63) is 84.1 Å². The third kappa shape index (κ3) is 3.42. The molecule has 4 aromatic rings. The zero-order chi connectivity index (χ0) is 19.5. The quantitative estimate of drug-likeness (QED) is 0.558. The minimum absolute atomic E-state index is 0.213. The van der Waals surface area contributed by atoms with Gasteiger partial charge in [0.2, 0.25) is 0 Å². The molecule has 0 saturated heterocycles. The number of hydrogen-bond acceptors (Lipinski definition) is 4. The van der Waals surface area contributed by atoms with Gasteiger partial charge in [-0.15, -0.1) is 0 Å². The smallest absolute Gasteiger partial charge is 0.257 e. The zero-order valence-electron chi connectivity index (χ0n) is 15.6. The molecule has 0 aliphatic rings. The zero-order valence-corrected chi connectivity index (χ0v) is 15.6. The first-order chi connectivity index (χ1) is 13.7. The summed E-state index contributed by atoms with van der Waals surface area (Å²) in [6, 6.07) is 20.8. The molecule has 5 heteroatoms. The molecular formula is C23H19N3O2. The van der Waals surface area contributed by atoms with E-state index in [1.807, 2.05) is 73.7 Å². The van der Waals surface area contributed by atoms with E-state index in [0.29, 0.717) is 11.4 Å². The van der Waals surface area contributed by atoms with Crippen LogP contribution >= 0.6 is 0 Å². The van der Waals surface area contributed by atoms with Crippen LogP contribution < -0.4 is 10.1 Å². The number of pyridine rings is 2.